The van der Waals surface area contributed by atoms with Crippen LogP contribution in [-0.4, -0.2) is 102 Å². The Morgan fingerprint density at radius 2 is 1.81 bits per heavy atom. The minimum atomic E-state index is -1.12. The Morgan fingerprint density at radius 3 is 2.44 bits per heavy atom. The largest absolute Gasteiger partial charge is 0.388 e. The van der Waals surface area contributed by atoms with Crippen LogP contribution in [0.3, 0.4) is 0 Å². The van der Waals surface area contributed by atoms with Crippen molar-refractivity contribution in [1.29, 1.82) is 0 Å². The Morgan fingerprint density at radius 1 is 1.11 bits per heavy atom. The van der Waals surface area contributed by atoms with Gasteiger partial charge in [-0.05, 0) is 25.8 Å². The summed E-state index contributed by atoms with van der Waals surface area (Å²) in [4.78, 5) is 27.8. The van der Waals surface area contributed by atoms with E-state index in [1.807, 2.05) is 4.90 Å². The summed E-state index contributed by atoms with van der Waals surface area (Å²) in [6.45, 7) is 5.56. The zero-order chi connectivity index (χ0) is 19.4. The van der Waals surface area contributed by atoms with Gasteiger partial charge < -0.3 is 30.5 Å². The highest BCUT2D eigenvalue weighted by molar-refractivity contribution is 5.77. The molecule has 3 rings (SSSR count). The third kappa shape index (κ3) is 5.17. The predicted octanol–water partition coefficient (Wildman–Crippen LogP) is -1.75. The molecule has 3 fully saturated rings. The topological polar surface area (TPSA) is 114 Å². The van der Waals surface area contributed by atoms with Crippen LogP contribution in [-0.2, 0) is 14.3 Å². The molecule has 0 radical (unpaired) electrons. The van der Waals surface area contributed by atoms with Crippen LogP contribution < -0.4 is 10.6 Å². The molecule has 2 amide bonds. The fraction of sp³-hybridized carbons (Fsp3) is 0.889. The number of rotatable bonds is 5. The lowest BCUT2D eigenvalue weighted by atomic mass is 10.0. The average molecular weight is 384 g/mol. The number of carbonyl (C=O) groups excluding carboxylic acids is 2. The summed E-state index contributed by atoms with van der Waals surface area (Å²) >= 11 is 0. The van der Waals surface area contributed by atoms with Crippen molar-refractivity contribution in [2.24, 2.45) is 0 Å². The summed E-state index contributed by atoms with van der Waals surface area (Å²) in [6.07, 6.45) is 0.411. The number of nitrogens with zero attached hydrogens (tertiary/aromatic N) is 2. The molecule has 0 bridgehead atoms. The van der Waals surface area contributed by atoms with Gasteiger partial charge >= 0.3 is 0 Å². The summed E-state index contributed by atoms with van der Waals surface area (Å²) in [6, 6.07) is 0. The first-order valence-corrected chi connectivity index (χ1v) is 9.97. The molecule has 0 aromatic carbocycles. The molecule has 1 unspecified atom stereocenters. The maximum Gasteiger partial charge on any atom is 0.225 e. The van der Waals surface area contributed by atoms with E-state index in [0.29, 0.717) is 19.3 Å². The van der Waals surface area contributed by atoms with Gasteiger partial charge in [-0.1, -0.05) is 0 Å². The van der Waals surface area contributed by atoms with Gasteiger partial charge in [-0.25, -0.2) is 0 Å². The van der Waals surface area contributed by atoms with Crippen LogP contribution in [0.2, 0.25) is 0 Å². The van der Waals surface area contributed by atoms with E-state index >= 15 is 0 Å². The number of piperazine rings is 1. The molecule has 0 saturated carbocycles. The van der Waals surface area contributed by atoms with Gasteiger partial charge in [0.25, 0.3) is 0 Å². The predicted molar refractivity (Wildman–Crippen MR) is 97.8 cm³/mol. The van der Waals surface area contributed by atoms with Crippen LogP contribution in [0.4, 0.5) is 0 Å². The first kappa shape index (κ1) is 20.5. The van der Waals surface area contributed by atoms with Crippen LogP contribution in [0.5, 0.6) is 0 Å². The Kier molecular flexibility index (Phi) is 7.04. The maximum atomic E-state index is 12.6. The molecule has 3 heterocycles. The van der Waals surface area contributed by atoms with Crippen molar-refractivity contribution in [2.75, 3.05) is 39.3 Å². The molecule has 3 aliphatic heterocycles. The summed E-state index contributed by atoms with van der Waals surface area (Å²) in [5.41, 5.74) is 0. The Bertz CT molecular complexity index is 520. The molecule has 3 saturated heterocycles. The van der Waals surface area contributed by atoms with E-state index in [-0.39, 0.29) is 24.8 Å². The third-order valence-electron chi connectivity index (χ3n) is 5.78. The normalized spacial score (nSPS) is 35.2. The molecule has 4 N–H and O–H groups in total. The second-order valence-electron chi connectivity index (χ2n) is 7.72. The number of aliphatic hydroxyl groups excluding tert-OH is 2. The van der Waals surface area contributed by atoms with Crippen molar-refractivity contribution in [3.63, 3.8) is 0 Å². The van der Waals surface area contributed by atoms with Gasteiger partial charge in [-0.15, -0.1) is 0 Å². The highest BCUT2D eigenvalue weighted by atomic mass is 16.5. The summed E-state index contributed by atoms with van der Waals surface area (Å²) in [7, 11) is 0. The number of aliphatic hydroxyl groups is 2. The number of nitrogens with one attached hydrogen (secondary N) is 2. The number of carbonyl (C=O) groups is 2. The van der Waals surface area contributed by atoms with E-state index in [4.69, 9.17) is 4.74 Å². The molecule has 0 spiro atoms. The van der Waals surface area contributed by atoms with Crippen molar-refractivity contribution in [3.05, 3.63) is 0 Å². The Labute approximate surface area is 160 Å². The summed E-state index contributed by atoms with van der Waals surface area (Å²) in [5.74, 6) is -0.298. The van der Waals surface area contributed by atoms with E-state index in [1.54, 1.807) is 0 Å². The molecule has 0 aromatic heterocycles. The lowest BCUT2D eigenvalue weighted by Crippen LogP contribution is -2.57. The summed E-state index contributed by atoms with van der Waals surface area (Å²) < 4.78 is 5.63. The molecule has 0 aromatic rings. The average Bonchev–Trinajstić information content (AvgIpc) is 2.95. The molecule has 0 aliphatic carbocycles. The lowest BCUT2D eigenvalue weighted by molar-refractivity contribution is -0.137. The van der Waals surface area contributed by atoms with Crippen molar-refractivity contribution < 1.29 is 24.5 Å². The van der Waals surface area contributed by atoms with E-state index in [9.17, 15) is 19.8 Å². The van der Waals surface area contributed by atoms with E-state index in [1.165, 1.54) is 19.8 Å². The third-order valence-corrected chi connectivity index (χ3v) is 5.78. The standard InChI is InChI=1S/C18H32N4O5/c1-12(23)20-11-14-18(26)17(25)13(27-14)10-16(24)22-8-6-21(7-9-22)15-4-2-3-5-19-15/h13-15,17-19,25-26H,2-11H2,1H3,(H,20,23)/t13-,14-,15?,17-,18+/m0/s1. The molecular formula is C18H32N4O5. The fourth-order valence-corrected chi connectivity index (χ4v) is 4.14. The SMILES string of the molecule is CC(=O)NC[C@@H]1O[C@@H](CC(=O)N2CCN(C3CCCCN3)CC2)[C@H](O)[C@@H]1O. The number of ether oxygens (including phenoxy) is 1. The van der Waals surface area contributed by atoms with Gasteiger partial charge in [-0.3, -0.25) is 14.5 Å². The minimum Gasteiger partial charge on any atom is -0.388 e. The molecule has 3 aliphatic rings. The molecule has 9 nitrogen and oxygen atoms in total. The van der Waals surface area contributed by atoms with Crippen molar-refractivity contribution in [2.45, 2.75) is 63.2 Å². The van der Waals surface area contributed by atoms with Gasteiger partial charge in [0.15, 0.2) is 0 Å². The number of hydrogen-bond donors (Lipinski definition) is 4. The van der Waals surface area contributed by atoms with Crippen LogP contribution in [0.1, 0.15) is 32.6 Å². The smallest absolute Gasteiger partial charge is 0.225 e. The second-order valence-corrected chi connectivity index (χ2v) is 7.72. The molecule has 154 valence electrons. The zero-order valence-electron chi connectivity index (χ0n) is 16.0. The van der Waals surface area contributed by atoms with Gasteiger partial charge in [-0.2, -0.15) is 0 Å². The van der Waals surface area contributed by atoms with Gasteiger partial charge in [0.1, 0.15) is 18.3 Å². The van der Waals surface area contributed by atoms with E-state index in [2.05, 4.69) is 15.5 Å². The van der Waals surface area contributed by atoms with Crippen molar-refractivity contribution >= 4 is 11.8 Å². The van der Waals surface area contributed by atoms with Crippen LogP contribution >= 0.6 is 0 Å². The molecule has 5 atom stereocenters. The lowest BCUT2D eigenvalue weighted by Gasteiger charge is -2.41. The first-order valence-electron chi connectivity index (χ1n) is 9.97. The van der Waals surface area contributed by atoms with Crippen LogP contribution in [0, 0.1) is 0 Å². The highest BCUT2D eigenvalue weighted by Crippen LogP contribution is 2.24. The number of amides is 2. The number of piperidine rings is 1. The quantitative estimate of drug-likeness (QED) is 0.444. The van der Waals surface area contributed by atoms with Gasteiger partial charge in [0.2, 0.25) is 11.8 Å². The van der Waals surface area contributed by atoms with Crippen LogP contribution in [0.25, 0.3) is 0 Å². The monoisotopic (exact) mass is 384 g/mol. The molecule has 9 heteroatoms. The zero-order valence-corrected chi connectivity index (χ0v) is 16.0. The molecule has 27 heavy (non-hydrogen) atoms. The van der Waals surface area contributed by atoms with E-state index < -0.39 is 24.4 Å². The van der Waals surface area contributed by atoms with Gasteiger partial charge in [0.05, 0.1) is 18.7 Å². The maximum absolute atomic E-state index is 12.6. The van der Waals surface area contributed by atoms with Crippen LogP contribution in [0.15, 0.2) is 0 Å². The molecular weight excluding hydrogens is 352 g/mol. The van der Waals surface area contributed by atoms with E-state index in [0.717, 1.165) is 26.1 Å². The van der Waals surface area contributed by atoms with Crippen molar-refractivity contribution in [1.82, 2.24) is 20.4 Å². The highest BCUT2D eigenvalue weighted by Gasteiger charge is 2.44. The Hall–Kier alpha value is -1.26. The fourth-order valence-electron chi connectivity index (χ4n) is 4.14. The Balaban J connectivity index is 1.44. The summed E-state index contributed by atoms with van der Waals surface area (Å²) in [5, 5.41) is 26.4. The first-order chi connectivity index (χ1) is 13.0. The number of hydrogen-bond acceptors (Lipinski definition) is 7. The van der Waals surface area contributed by atoms with Gasteiger partial charge in [0, 0.05) is 39.6 Å². The minimum absolute atomic E-state index is 0.0382. The van der Waals surface area contributed by atoms with Crippen molar-refractivity contribution in [3.8, 4) is 0 Å². The second kappa shape index (κ2) is 9.29.